The maximum Gasteiger partial charge on any atom is 0.422 e. The standard InChI is InChI=1S/C18H18F3N5/c19-18(20,21)16-14(26(22)11-13-4-2-1-3-5-13)8-9-25-15(10-12-6-7-12)23-24-17(16)25/h1-5,8-9,12H,6-7,10-11,22H2. The predicted molar refractivity (Wildman–Crippen MR) is 91.2 cm³/mol. The van der Waals surface area contributed by atoms with Gasteiger partial charge in [0.25, 0.3) is 0 Å². The molecule has 0 saturated heterocycles. The molecular weight excluding hydrogens is 343 g/mol. The number of halogens is 3. The fraction of sp³-hybridized carbons (Fsp3) is 0.333. The topological polar surface area (TPSA) is 59.5 Å². The van der Waals surface area contributed by atoms with Gasteiger partial charge in [-0.25, -0.2) is 5.84 Å². The second kappa shape index (κ2) is 6.28. The van der Waals surface area contributed by atoms with Crippen LogP contribution in [-0.2, 0) is 19.1 Å². The zero-order valence-corrected chi connectivity index (χ0v) is 13.9. The lowest BCUT2D eigenvalue weighted by atomic mass is 10.1. The van der Waals surface area contributed by atoms with Crippen molar-refractivity contribution in [2.24, 2.45) is 11.8 Å². The van der Waals surface area contributed by atoms with Gasteiger partial charge >= 0.3 is 6.18 Å². The molecule has 1 aromatic carbocycles. The normalized spacial score (nSPS) is 14.8. The summed E-state index contributed by atoms with van der Waals surface area (Å²) >= 11 is 0. The summed E-state index contributed by atoms with van der Waals surface area (Å²) in [7, 11) is 0. The van der Waals surface area contributed by atoms with Gasteiger partial charge < -0.3 is 5.01 Å². The van der Waals surface area contributed by atoms with E-state index in [0.29, 0.717) is 18.2 Å². The van der Waals surface area contributed by atoms with E-state index in [1.165, 1.54) is 10.5 Å². The Morgan fingerprint density at radius 3 is 2.50 bits per heavy atom. The summed E-state index contributed by atoms with van der Waals surface area (Å²) in [5.41, 5.74) is -0.347. The molecule has 0 atom stereocenters. The molecule has 3 aromatic rings. The van der Waals surface area contributed by atoms with Crippen LogP contribution in [0, 0.1) is 5.92 Å². The van der Waals surface area contributed by atoms with Crippen molar-refractivity contribution in [2.75, 3.05) is 5.01 Å². The highest BCUT2D eigenvalue weighted by atomic mass is 19.4. The van der Waals surface area contributed by atoms with Gasteiger partial charge in [-0.15, -0.1) is 10.2 Å². The molecule has 0 radical (unpaired) electrons. The summed E-state index contributed by atoms with van der Waals surface area (Å²) in [6, 6.07) is 10.5. The highest BCUT2D eigenvalue weighted by Crippen LogP contribution is 2.39. The minimum Gasteiger partial charge on any atom is -0.306 e. The van der Waals surface area contributed by atoms with Crippen LogP contribution in [0.3, 0.4) is 0 Å². The molecule has 0 amide bonds. The van der Waals surface area contributed by atoms with Crippen molar-refractivity contribution in [3.63, 3.8) is 0 Å². The number of benzene rings is 1. The SMILES string of the molecule is NN(Cc1ccccc1)c1ccn2c(CC3CC3)nnc2c1C(F)(F)F. The van der Waals surface area contributed by atoms with E-state index in [4.69, 9.17) is 5.84 Å². The molecule has 5 nitrogen and oxygen atoms in total. The number of fused-ring (bicyclic) bond motifs is 1. The monoisotopic (exact) mass is 361 g/mol. The van der Waals surface area contributed by atoms with Crippen LogP contribution in [0.2, 0.25) is 0 Å². The minimum absolute atomic E-state index is 0.112. The van der Waals surface area contributed by atoms with Crippen LogP contribution >= 0.6 is 0 Å². The smallest absolute Gasteiger partial charge is 0.306 e. The van der Waals surface area contributed by atoms with Gasteiger partial charge in [-0.2, -0.15) is 13.2 Å². The Morgan fingerprint density at radius 1 is 1.12 bits per heavy atom. The number of hydrazine groups is 1. The van der Waals surface area contributed by atoms with E-state index in [1.807, 2.05) is 30.3 Å². The van der Waals surface area contributed by atoms with E-state index in [0.717, 1.165) is 23.4 Å². The Bertz CT molecular complexity index is 916. The van der Waals surface area contributed by atoms with E-state index in [-0.39, 0.29) is 17.9 Å². The molecule has 0 spiro atoms. The van der Waals surface area contributed by atoms with Gasteiger partial charge in [0.15, 0.2) is 5.65 Å². The van der Waals surface area contributed by atoms with Gasteiger partial charge in [0.1, 0.15) is 11.4 Å². The van der Waals surface area contributed by atoms with Crippen LogP contribution in [0.1, 0.15) is 29.8 Å². The van der Waals surface area contributed by atoms with Gasteiger partial charge in [-0.05, 0) is 30.4 Å². The molecule has 1 saturated carbocycles. The van der Waals surface area contributed by atoms with Crippen LogP contribution in [0.4, 0.5) is 18.9 Å². The fourth-order valence-electron chi connectivity index (χ4n) is 3.09. The number of nitrogens with zero attached hydrogens (tertiary/aromatic N) is 4. The molecule has 4 rings (SSSR count). The summed E-state index contributed by atoms with van der Waals surface area (Å²) < 4.78 is 42.8. The number of aromatic nitrogens is 3. The number of nitrogens with two attached hydrogens (primary N) is 1. The third-order valence-corrected chi connectivity index (χ3v) is 4.58. The second-order valence-electron chi connectivity index (χ2n) is 6.64. The molecule has 136 valence electrons. The molecule has 0 aliphatic heterocycles. The van der Waals surface area contributed by atoms with E-state index in [1.54, 1.807) is 6.20 Å². The molecule has 0 unspecified atom stereocenters. The molecule has 2 heterocycles. The third-order valence-electron chi connectivity index (χ3n) is 4.58. The van der Waals surface area contributed by atoms with Crippen molar-refractivity contribution in [3.8, 4) is 0 Å². The lowest BCUT2D eigenvalue weighted by Crippen LogP contribution is -2.32. The number of hydrogen-bond acceptors (Lipinski definition) is 4. The molecule has 8 heteroatoms. The van der Waals surface area contributed by atoms with Gasteiger partial charge in [0, 0.05) is 12.6 Å². The first-order valence-corrected chi connectivity index (χ1v) is 8.43. The van der Waals surface area contributed by atoms with Crippen molar-refractivity contribution in [3.05, 3.63) is 59.5 Å². The fourth-order valence-corrected chi connectivity index (χ4v) is 3.09. The van der Waals surface area contributed by atoms with Crippen molar-refractivity contribution in [1.29, 1.82) is 0 Å². The van der Waals surface area contributed by atoms with Crippen LogP contribution in [-0.4, -0.2) is 14.6 Å². The Kier molecular flexibility index (Phi) is 4.07. The Balaban J connectivity index is 1.76. The average molecular weight is 361 g/mol. The molecule has 2 aromatic heterocycles. The number of anilines is 1. The highest BCUT2D eigenvalue weighted by molar-refractivity contribution is 5.66. The highest BCUT2D eigenvalue weighted by Gasteiger charge is 2.39. The Labute approximate surface area is 148 Å². The quantitative estimate of drug-likeness (QED) is 0.557. The van der Waals surface area contributed by atoms with Gasteiger partial charge in [-0.1, -0.05) is 30.3 Å². The molecular formula is C18H18F3N5. The van der Waals surface area contributed by atoms with Crippen LogP contribution in [0.25, 0.3) is 5.65 Å². The summed E-state index contributed by atoms with van der Waals surface area (Å²) in [6.45, 7) is 0.156. The van der Waals surface area contributed by atoms with Crippen molar-refractivity contribution < 1.29 is 13.2 Å². The number of alkyl halides is 3. The van der Waals surface area contributed by atoms with E-state index < -0.39 is 11.7 Å². The van der Waals surface area contributed by atoms with Crippen LogP contribution < -0.4 is 10.9 Å². The first kappa shape index (κ1) is 16.8. The lowest BCUT2D eigenvalue weighted by molar-refractivity contribution is -0.136. The number of rotatable bonds is 5. The largest absolute Gasteiger partial charge is 0.422 e. The molecule has 26 heavy (non-hydrogen) atoms. The lowest BCUT2D eigenvalue weighted by Gasteiger charge is -2.23. The van der Waals surface area contributed by atoms with Gasteiger partial charge in [0.2, 0.25) is 0 Å². The number of hydrogen-bond donors (Lipinski definition) is 1. The first-order valence-electron chi connectivity index (χ1n) is 8.43. The molecule has 1 aliphatic rings. The molecule has 1 aliphatic carbocycles. The summed E-state index contributed by atoms with van der Waals surface area (Å²) in [5, 5.41) is 8.92. The first-order chi connectivity index (χ1) is 12.4. The predicted octanol–water partition coefficient (Wildman–Crippen LogP) is 3.58. The van der Waals surface area contributed by atoms with Crippen molar-refractivity contribution in [2.45, 2.75) is 32.0 Å². The molecule has 1 fully saturated rings. The molecule has 2 N–H and O–H groups in total. The maximum absolute atomic E-state index is 13.8. The zero-order chi connectivity index (χ0) is 18.3. The van der Waals surface area contributed by atoms with Crippen LogP contribution in [0.5, 0.6) is 0 Å². The van der Waals surface area contributed by atoms with Gasteiger partial charge in [0.05, 0.1) is 12.2 Å². The van der Waals surface area contributed by atoms with E-state index in [2.05, 4.69) is 10.2 Å². The van der Waals surface area contributed by atoms with Crippen molar-refractivity contribution >= 4 is 11.3 Å². The van der Waals surface area contributed by atoms with Crippen LogP contribution in [0.15, 0.2) is 42.6 Å². The minimum atomic E-state index is -4.59. The van der Waals surface area contributed by atoms with E-state index in [9.17, 15) is 13.2 Å². The zero-order valence-electron chi connectivity index (χ0n) is 13.9. The third kappa shape index (κ3) is 3.24. The maximum atomic E-state index is 13.8. The van der Waals surface area contributed by atoms with Gasteiger partial charge in [-0.3, -0.25) is 4.40 Å². The average Bonchev–Trinajstić information content (AvgIpc) is 3.33. The van der Waals surface area contributed by atoms with E-state index >= 15 is 0 Å². The second-order valence-corrected chi connectivity index (χ2v) is 6.64. The Hall–Kier alpha value is -2.61. The Morgan fingerprint density at radius 2 is 1.85 bits per heavy atom. The summed E-state index contributed by atoms with van der Waals surface area (Å²) in [6.07, 6.45) is -0.188. The number of pyridine rings is 1. The summed E-state index contributed by atoms with van der Waals surface area (Å²) in [5.74, 6) is 7.05. The summed E-state index contributed by atoms with van der Waals surface area (Å²) in [4.78, 5) is 0. The molecule has 0 bridgehead atoms. The van der Waals surface area contributed by atoms with Crippen molar-refractivity contribution in [1.82, 2.24) is 14.6 Å².